The van der Waals surface area contributed by atoms with E-state index in [4.69, 9.17) is 5.11 Å². The molecule has 0 radical (unpaired) electrons. The third-order valence-electron chi connectivity index (χ3n) is 5.41. The first-order valence-corrected chi connectivity index (χ1v) is 8.80. The molecule has 0 heterocycles. The van der Waals surface area contributed by atoms with Crippen molar-refractivity contribution in [2.24, 2.45) is 0 Å². The van der Waals surface area contributed by atoms with Gasteiger partial charge in [0.1, 0.15) is 5.82 Å². The third kappa shape index (κ3) is 3.37. The van der Waals surface area contributed by atoms with Crippen molar-refractivity contribution in [2.75, 3.05) is 0 Å². The second kappa shape index (κ2) is 6.29. The molecule has 2 nitrogen and oxygen atoms in total. The Kier molecular flexibility index (Phi) is 4.40. The number of hydrogen-bond acceptors (Lipinski definition) is 1. The summed E-state index contributed by atoms with van der Waals surface area (Å²) in [4.78, 5) is 10.9. The van der Waals surface area contributed by atoms with Gasteiger partial charge in [0.2, 0.25) is 0 Å². The van der Waals surface area contributed by atoms with Crippen LogP contribution in [0.25, 0.3) is 0 Å². The van der Waals surface area contributed by atoms with Gasteiger partial charge in [-0.15, -0.1) is 0 Å². The predicted octanol–water partition coefficient (Wildman–Crippen LogP) is 5.27. The molecule has 0 atom stereocenters. The van der Waals surface area contributed by atoms with Crippen LogP contribution in [0.4, 0.5) is 4.39 Å². The van der Waals surface area contributed by atoms with E-state index >= 15 is 0 Å². The number of fused-ring (bicyclic) bond motifs is 1. The van der Waals surface area contributed by atoms with Crippen LogP contribution in [-0.4, -0.2) is 11.1 Å². The lowest BCUT2D eigenvalue weighted by atomic mass is 9.63. The average molecular weight is 350 g/mol. The Labute approximate surface area is 154 Å². The number of hydrogen-bond donors (Lipinski definition) is 1. The minimum Gasteiger partial charge on any atom is -0.478 e. The molecular formula is C23H23FO2. The zero-order valence-corrected chi connectivity index (χ0v) is 15.6. The molecule has 1 aliphatic rings. The number of carbonyl (C=O) groups is 1. The molecular weight excluding hydrogens is 327 g/mol. The van der Waals surface area contributed by atoms with Crippen molar-refractivity contribution < 1.29 is 14.3 Å². The maximum absolute atomic E-state index is 14.7. The standard InChI is InChI=1S/C23H23FO2/c1-22(2)11-12-23(3,4)19-14-20(24)17(13-18(19)22)10-7-15-5-8-16(9-6-15)21(25)26/h5-6,8-9,13-14H,11-12H2,1-4H3,(H,25,26). The monoisotopic (exact) mass is 350 g/mol. The molecule has 0 amide bonds. The van der Waals surface area contributed by atoms with E-state index in [-0.39, 0.29) is 22.2 Å². The average Bonchev–Trinajstić information content (AvgIpc) is 2.58. The van der Waals surface area contributed by atoms with E-state index in [2.05, 4.69) is 39.5 Å². The van der Waals surface area contributed by atoms with Gasteiger partial charge in [0.15, 0.2) is 0 Å². The number of rotatable bonds is 1. The highest BCUT2D eigenvalue weighted by Gasteiger charge is 2.37. The second-order valence-electron chi connectivity index (χ2n) is 8.28. The molecule has 134 valence electrons. The fourth-order valence-electron chi connectivity index (χ4n) is 3.52. The summed E-state index contributed by atoms with van der Waals surface area (Å²) >= 11 is 0. The van der Waals surface area contributed by atoms with Gasteiger partial charge in [-0.1, -0.05) is 39.5 Å². The van der Waals surface area contributed by atoms with Crippen LogP contribution >= 0.6 is 0 Å². The fourth-order valence-corrected chi connectivity index (χ4v) is 3.52. The van der Waals surface area contributed by atoms with Gasteiger partial charge in [0.05, 0.1) is 11.1 Å². The lowest BCUT2D eigenvalue weighted by molar-refractivity contribution is 0.0697. The van der Waals surface area contributed by atoms with Gasteiger partial charge < -0.3 is 5.11 Å². The van der Waals surface area contributed by atoms with Crippen LogP contribution < -0.4 is 0 Å². The number of carboxylic acids is 1. The van der Waals surface area contributed by atoms with Crippen LogP contribution in [0.2, 0.25) is 0 Å². The molecule has 1 N–H and O–H groups in total. The molecule has 0 saturated carbocycles. The van der Waals surface area contributed by atoms with Crippen molar-refractivity contribution >= 4 is 5.97 Å². The van der Waals surface area contributed by atoms with Crippen LogP contribution in [0.5, 0.6) is 0 Å². The number of carboxylic acid groups (broad SMARTS) is 1. The molecule has 0 aromatic heterocycles. The molecule has 0 saturated heterocycles. The highest BCUT2D eigenvalue weighted by molar-refractivity contribution is 5.87. The maximum Gasteiger partial charge on any atom is 0.335 e. The van der Waals surface area contributed by atoms with Gasteiger partial charge in [-0.05, 0) is 71.2 Å². The van der Waals surface area contributed by atoms with Gasteiger partial charge in [0.25, 0.3) is 0 Å². The predicted molar refractivity (Wildman–Crippen MR) is 101 cm³/mol. The molecule has 0 unspecified atom stereocenters. The van der Waals surface area contributed by atoms with Crippen LogP contribution in [0.3, 0.4) is 0 Å². The number of aromatic carboxylic acids is 1. The van der Waals surface area contributed by atoms with Crippen LogP contribution in [-0.2, 0) is 10.8 Å². The topological polar surface area (TPSA) is 37.3 Å². The molecule has 0 fully saturated rings. The zero-order valence-electron chi connectivity index (χ0n) is 15.6. The van der Waals surface area contributed by atoms with Crippen molar-refractivity contribution in [3.8, 4) is 11.8 Å². The highest BCUT2D eigenvalue weighted by Crippen LogP contribution is 2.46. The van der Waals surface area contributed by atoms with E-state index in [1.54, 1.807) is 18.2 Å². The smallest absolute Gasteiger partial charge is 0.335 e. The summed E-state index contributed by atoms with van der Waals surface area (Å²) in [5.41, 5.74) is 3.45. The van der Waals surface area contributed by atoms with Gasteiger partial charge in [-0.3, -0.25) is 0 Å². The van der Waals surface area contributed by atoms with Crippen LogP contribution in [0.1, 0.15) is 73.1 Å². The van der Waals surface area contributed by atoms with E-state index in [1.807, 2.05) is 6.07 Å². The zero-order chi connectivity index (χ0) is 19.1. The molecule has 1 aliphatic carbocycles. The molecule has 2 aromatic carbocycles. The molecule has 2 aromatic rings. The summed E-state index contributed by atoms with van der Waals surface area (Å²) in [6.07, 6.45) is 2.09. The largest absolute Gasteiger partial charge is 0.478 e. The molecule has 3 rings (SSSR count). The van der Waals surface area contributed by atoms with Gasteiger partial charge in [0, 0.05) is 5.56 Å². The molecule has 0 spiro atoms. The molecule has 26 heavy (non-hydrogen) atoms. The Morgan fingerprint density at radius 1 is 0.962 bits per heavy atom. The van der Waals surface area contributed by atoms with E-state index in [0.29, 0.717) is 11.1 Å². The molecule has 3 heteroatoms. The summed E-state index contributed by atoms with van der Waals surface area (Å²) < 4.78 is 14.7. The second-order valence-corrected chi connectivity index (χ2v) is 8.28. The molecule has 0 aliphatic heterocycles. The summed E-state index contributed by atoms with van der Waals surface area (Å²) in [7, 11) is 0. The summed E-state index contributed by atoms with van der Waals surface area (Å²) in [6.45, 7) is 8.72. The summed E-state index contributed by atoms with van der Waals surface area (Å²) in [5.74, 6) is 4.58. The Morgan fingerprint density at radius 3 is 2.04 bits per heavy atom. The maximum atomic E-state index is 14.7. The Hall–Kier alpha value is -2.60. The van der Waals surface area contributed by atoms with Crippen LogP contribution in [0, 0.1) is 17.7 Å². The van der Waals surface area contributed by atoms with Crippen molar-refractivity contribution in [3.63, 3.8) is 0 Å². The Morgan fingerprint density at radius 2 is 1.50 bits per heavy atom. The minimum absolute atomic E-state index is 0.00187. The summed E-state index contributed by atoms with van der Waals surface area (Å²) in [5, 5.41) is 8.94. The number of benzene rings is 2. The van der Waals surface area contributed by atoms with Gasteiger partial charge in [-0.25, -0.2) is 9.18 Å². The lowest BCUT2D eigenvalue weighted by Gasteiger charge is -2.41. The Balaban J connectivity index is 2.02. The van der Waals surface area contributed by atoms with Gasteiger partial charge >= 0.3 is 5.97 Å². The van der Waals surface area contributed by atoms with E-state index in [1.165, 1.54) is 17.7 Å². The first kappa shape index (κ1) is 18.2. The summed E-state index contributed by atoms with van der Waals surface area (Å²) in [6, 6.07) is 9.82. The normalized spacial score (nSPS) is 17.0. The Bertz CT molecular complexity index is 925. The van der Waals surface area contributed by atoms with Crippen LogP contribution in [0.15, 0.2) is 36.4 Å². The SMILES string of the molecule is CC1(C)CCC(C)(C)c2cc(C#Cc3ccc(C(=O)O)cc3)c(F)cc21. The number of halogens is 1. The van der Waals surface area contributed by atoms with Crippen molar-refractivity contribution in [3.05, 3.63) is 70.0 Å². The van der Waals surface area contributed by atoms with E-state index in [0.717, 1.165) is 18.4 Å². The first-order chi connectivity index (χ1) is 12.1. The molecule has 0 bridgehead atoms. The quantitative estimate of drug-likeness (QED) is 0.711. The van der Waals surface area contributed by atoms with Crippen molar-refractivity contribution in [1.29, 1.82) is 0 Å². The minimum atomic E-state index is -0.977. The lowest BCUT2D eigenvalue weighted by Crippen LogP contribution is -2.34. The van der Waals surface area contributed by atoms with E-state index in [9.17, 15) is 9.18 Å². The highest BCUT2D eigenvalue weighted by atomic mass is 19.1. The van der Waals surface area contributed by atoms with Gasteiger partial charge in [-0.2, -0.15) is 0 Å². The van der Waals surface area contributed by atoms with Crippen molar-refractivity contribution in [2.45, 2.75) is 51.4 Å². The van der Waals surface area contributed by atoms with E-state index < -0.39 is 5.97 Å². The van der Waals surface area contributed by atoms with Crippen molar-refractivity contribution in [1.82, 2.24) is 0 Å². The first-order valence-electron chi connectivity index (χ1n) is 8.80. The third-order valence-corrected chi connectivity index (χ3v) is 5.41. The fraction of sp³-hybridized carbons (Fsp3) is 0.348.